The fourth-order valence-electron chi connectivity index (χ4n) is 3.21. The SMILES string of the molecule is Cc1ccc2c(c1)C(=O)NCC1(CCC(=O)N(CC(=O)O)CC1)O2. The van der Waals surface area contributed by atoms with Gasteiger partial charge >= 0.3 is 5.97 Å². The van der Waals surface area contributed by atoms with Crippen LogP contribution in [0.5, 0.6) is 5.75 Å². The number of ether oxygens (including phenoxy) is 1. The summed E-state index contributed by atoms with van der Waals surface area (Å²) in [6, 6.07) is 5.44. The number of fused-ring (bicyclic) bond motifs is 1. The zero-order valence-electron chi connectivity index (χ0n) is 13.5. The monoisotopic (exact) mass is 332 g/mol. The van der Waals surface area contributed by atoms with Gasteiger partial charge in [0.25, 0.3) is 5.91 Å². The second kappa shape index (κ2) is 6.14. The third-order valence-electron chi connectivity index (χ3n) is 4.59. The molecule has 1 fully saturated rings. The zero-order chi connectivity index (χ0) is 17.3. The number of nitrogens with one attached hydrogen (secondary N) is 1. The van der Waals surface area contributed by atoms with E-state index in [4.69, 9.17) is 9.84 Å². The molecule has 128 valence electrons. The minimum absolute atomic E-state index is 0.191. The van der Waals surface area contributed by atoms with Gasteiger partial charge in [-0.25, -0.2) is 0 Å². The number of aryl methyl sites for hydroxylation is 1. The van der Waals surface area contributed by atoms with Crippen molar-refractivity contribution in [2.24, 2.45) is 0 Å². The summed E-state index contributed by atoms with van der Waals surface area (Å²) in [5.41, 5.74) is 0.760. The molecule has 3 rings (SSSR count). The third kappa shape index (κ3) is 3.20. The number of hydrogen-bond acceptors (Lipinski definition) is 4. The summed E-state index contributed by atoms with van der Waals surface area (Å²) in [5, 5.41) is 11.8. The van der Waals surface area contributed by atoms with E-state index in [0.29, 0.717) is 37.2 Å². The van der Waals surface area contributed by atoms with Crippen molar-refractivity contribution in [1.29, 1.82) is 0 Å². The van der Waals surface area contributed by atoms with Crippen LogP contribution in [0.3, 0.4) is 0 Å². The highest BCUT2D eigenvalue weighted by Crippen LogP contribution is 2.33. The first-order valence-electron chi connectivity index (χ1n) is 7.96. The van der Waals surface area contributed by atoms with Crippen molar-refractivity contribution < 1.29 is 24.2 Å². The number of likely N-dealkylation sites (tertiary alicyclic amines) is 1. The number of carbonyl (C=O) groups is 3. The highest BCUT2D eigenvalue weighted by Gasteiger charge is 2.40. The van der Waals surface area contributed by atoms with E-state index in [9.17, 15) is 14.4 Å². The van der Waals surface area contributed by atoms with Crippen LogP contribution in [0.25, 0.3) is 0 Å². The molecule has 2 aliphatic rings. The fourth-order valence-corrected chi connectivity index (χ4v) is 3.21. The first kappa shape index (κ1) is 16.3. The van der Waals surface area contributed by atoms with Gasteiger partial charge in [0, 0.05) is 19.4 Å². The Balaban J connectivity index is 1.86. The summed E-state index contributed by atoms with van der Waals surface area (Å²) in [5.74, 6) is -0.911. The molecule has 1 atom stereocenters. The summed E-state index contributed by atoms with van der Waals surface area (Å²) >= 11 is 0. The van der Waals surface area contributed by atoms with Gasteiger partial charge in [0.05, 0.1) is 12.1 Å². The predicted octanol–water partition coefficient (Wildman–Crippen LogP) is 0.953. The summed E-state index contributed by atoms with van der Waals surface area (Å²) in [6.45, 7) is 2.19. The van der Waals surface area contributed by atoms with Gasteiger partial charge in [0.15, 0.2) is 0 Å². The lowest BCUT2D eigenvalue weighted by atomic mass is 9.94. The second-order valence-corrected chi connectivity index (χ2v) is 6.43. The van der Waals surface area contributed by atoms with Gasteiger partial charge in [0.1, 0.15) is 17.9 Å². The molecule has 0 bridgehead atoms. The van der Waals surface area contributed by atoms with Crippen molar-refractivity contribution in [3.8, 4) is 5.75 Å². The number of amides is 2. The van der Waals surface area contributed by atoms with Gasteiger partial charge in [-0.15, -0.1) is 0 Å². The molecule has 1 spiro atoms. The van der Waals surface area contributed by atoms with Crippen LogP contribution in [0.2, 0.25) is 0 Å². The number of carboxylic acids is 1. The van der Waals surface area contributed by atoms with Crippen LogP contribution in [0.4, 0.5) is 0 Å². The molecule has 7 nitrogen and oxygen atoms in total. The molecule has 0 radical (unpaired) electrons. The average Bonchev–Trinajstić information content (AvgIpc) is 2.76. The lowest BCUT2D eigenvalue weighted by Crippen LogP contribution is -2.46. The molecule has 7 heteroatoms. The Morgan fingerprint density at radius 3 is 2.92 bits per heavy atom. The summed E-state index contributed by atoms with van der Waals surface area (Å²) in [4.78, 5) is 36.7. The molecule has 2 amide bonds. The Morgan fingerprint density at radius 1 is 1.38 bits per heavy atom. The van der Waals surface area contributed by atoms with E-state index < -0.39 is 11.6 Å². The molecule has 0 saturated carbocycles. The van der Waals surface area contributed by atoms with Crippen LogP contribution in [0.1, 0.15) is 35.2 Å². The molecular formula is C17H20N2O5. The van der Waals surface area contributed by atoms with Crippen LogP contribution < -0.4 is 10.1 Å². The van der Waals surface area contributed by atoms with Crippen LogP contribution in [0, 0.1) is 6.92 Å². The zero-order valence-corrected chi connectivity index (χ0v) is 13.5. The highest BCUT2D eigenvalue weighted by atomic mass is 16.5. The van der Waals surface area contributed by atoms with Crippen molar-refractivity contribution in [3.05, 3.63) is 29.3 Å². The molecule has 2 aliphatic heterocycles. The van der Waals surface area contributed by atoms with Gasteiger partial charge < -0.3 is 20.1 Å². The Morgan fingerprint density at radius 2 is 2.17 bits per heavy atom. The minimum Gasteiger partial charge on any atom is -0.485 e. The van der Waals surface area contributed by atoms with Crippen molar-refractivity contribution in [2.75, 3.05) is 19.6 Å². The number of carbonyl (C=O) groups excluding carboxylic acids is 2. The number of carboxylic acid groups (broad SMARTS) is 1. The topological polar surface area (TPSA) is 95.9 Å². The molecule has 24 heavy (non-hydrogen) atoms. The van der Waals surface area contributed by atoms with Gasteiger partial charge in [-0.3, -0.25) is 14.4 Å². The van der Waals surface area contributed by atoms with E-state index in [1.165, 1.54) is 4.90 Å². The van der Waals surface area contributed by atoms with Crippen molar-refractivity contribution in [2.45, 2.75) is 31.8 Å². The summed E-state index contributed by atoms with van der Waals surface area (Å²) < 4.78 is 6.18. The van der Waals surface area contributed by atoms with E-state index in [2.05, 4.69) is 5.32 Å². The summed E-state index contributed by atoms with van der Waals surface area (Å²) in [6.07, 6.45) is 1.11. The van der Waals surface area contributed by atoms with Crippen molar-refractivity contribution in [3.63, 3.8) is 0 Å². The molecule has 1 aromatic rings. The fraction of sp³-hybridized carbons (Fsp3) is 0.471. The lowest BCUT2D eigenvalue weighted by Gasteiger charge is -2.32. The van der Waals surface area contributed by atoms with Gasteiger partial charge in [-0.05, 0) is 25.5 Å². The molecule has 0 aliphatic carbocycles. The predicted molar refractivity (Wildman–Crippen MR) is 84.9 cm³/mol. The molecule has 0 aromatic heterocycles. The van der Waals surface area contributed by atoms with E-state index in [0.717, 1.165) is 5.56 Å². The standard InChI is InChI=1S/C17H20N2O5/c1-11-2-3-13-12(8-11)16(23)18-10-17(24-13)5-4-14(20)19(7-6-17)9-15(21)22/h2-3,8H,4-7,9-10H2,1H3,(H,18,23)(H,21,22). The normalized spacial score (nSPS) is 23.8. The Kier molecular flexibility index (Phi) is 4.17. The smallest absolute Gasteiger partial charge is 0.323 e. The third-order valence-corrected chi connectivity index (χ3v) is 4.59. The minimum atomic E-state index is -1.03. The number of aliphatic carboxylic acids is 1. The molecule has 2 heterocycles. The Hall–Kier alpha value is -2.57. The van der Waals surface area contributed by atoms with Crippen molar-refractivity contribution in [1.82, 2.24) is 10.2 Å². The van der Waals surface area contributed by atoms with Crippen molar-refractivity contribution >= 4 is 17.8 Å². The number of rotatable bonds is 2. The average molecular weight is 332 g/mol. The maximum atomic E-state index is 12.3. The maximum Gasteiger partial charge on any atom is 0.323 e. The number of nitrogens with zero attached hydrogens (tertiary/aromatic N) is 1. The number of benzene rings is 1. The van der Waals surface area contributed by atoms with Gasteiger partial charge in [0.2, 0.25) is 5.91 Å². The van der Waals surface area contributed by atoms with E-state index in [1.54, 1.807) is 12.1 Å². The van der Waals surface area contributed by atoms with E-state index in [-0.39, 0.29) is 24.8 Å². The molecule has 1 aromatic carbocycles. The van der Waals surface area contributed by atoms with E-state index >= 15 is 0 Å². The summed E-state index contributed by atoms with van der Waals surface area (Å²) in [7, 11) is 0. The second-order valence-electron chi connectivity index (χ2n) is 6.43. The first-order valence-corrected chi connectivity index (χ1v) is 7.96. The first-order chi connectivity index (χ1) is 11.4. The van der Waals surface area contributed by atoms with Crippen LogP contribution in [-0.4, -0.2) is 53.0 Å². The van der Waals surface area contributed by atoms with Crippen LogP contribution in [-0.2, 0) is 9.59 Å². The van der Waals surface area contributed by atoms with Gasteiger partial charge in [-0.2, -0.15) is 0 Å². The lowest BCUT2D eigenvalue weighted by molar-refractivity contribution is -0.144. The molecule has 2 N–H and O–H groups in total. The van der Waals surface area contributed by atoms with E-state index in [1.807, 2.05) is 13.0 Å². The Bertz CT molecular complexity index is 702. The molecule has 1 unspecified atom stereocenters. The van der Waals surface area contributed by atoms with Crippen LogP contribution >= 0.6 is 0 Å². The Labute approximate surface area is 139 Å². The largest absolute Gasteiger partial charge is 0.485 e. The number of hydrogen-bond donors (Lipinski definition) is 2. The van der Waals surface area contributed by atoms with Gasteiger partial charge in [-0.1, -0.05) is 11.6 Å². The maximum absolute atomic E-state index is 12.3. The quantitative estimate of drug-likeness (QED) is 0.841. The molecule has 1 saturated heterocycles. The highest BCUT2D eigenvalue weighted by molar-refractivity contribution is 5.97. The van der Waals surface area contributed by atoms with Crippen LogP contribution in [0.15, 0.2) is 18.2 Å². The molecular weight excluding hydrogens is 312 g/mol.